The number of pyridine rings is 1. The highest BCUT2D eigenvalue weighted by molar-refractivity contribution is 5.84. The molecular weight excluding hydrogens is 306 g/mol. The molecule has 2 aliphatic rings. The van der Waals surface area contributed by atoms with Crippen LogP contribution in [0.2, 0.25) is 0 Å². The van der Waals surface area contributed by atoms with E-state index in [1.54, 1.807) is 17.3 Å². The monoisotopic (exact) mass is 331 g/mol. The third-order valence-electron chi connectivity index (χ3n) is 5.06. The molecule has 6 heteroatoms. The summed E-state index contributed by atoms with van der Waals surface area (Å²) in [5, 5.41) is 0. The van der Waals surface area contributed by atoms with Crippen LogP contribution >= 0.6 is 0 Å². The number of hydrogen-bond donors (Lipinski definition) is 0. The van der Waals surface area contributed by atoms with Crippen molar-refractivity contribution < 1.29 is 14.3 Å². The molecule has 2 fully saturated rings. The van der Waals surface area contributed by atoms with Gasteiger partial charge in [-0.05, 0) is 37.0 Å². The normalized spacial score (nSPS) is 24.2. The van der Waals surface area contributed by atoms with Gasteiger partial charge in [0.2, 0.25) is 11.8 Å². The van der Waals surface area contributed by atoms with Gasteiger partial charge in [-0.25, -0.2) is 0 Å². The van der Waals surface area contributed by atoms with Crippen molar-refractivity contribution in [1.29, 1.82) is 0 Å². The van der Waals surface area contributed by atoms with Crippen molar-refractivity contribution in [1.82, 2.24) is 14.8 Å². The van der Waals surface area contributed by atoms with Crippen LogP contribution in [0.3, 0.4) is 0 Å². The maximum atomic E-state index is 13.1. The Labute approximate surface area is 142 Å². The predicted octanol–water partition coefficient (Wildman–Crippen LogP) is 1.28. The highest BCUT2D eigenvalue weighted by Crippen LogP contribution is 2.34. The van der Waals surface area contributed by atoms with E-state index in [2.05, 4.69) is 4.98 Å². The molecular formula is C18H25N3O3. The lowest BCUT2D eigenvalue weighted by Crippen LogP contribution is -2.42. The lowest BCUT2D eigenvalue weighted by molar-refractivity contribution is -0.137. The van der Waals surface area contributed by atoms with Crippen molar-refractivity contribution >= 4 is 11.8 Å². The van der Waals surface area contributed by atoms with Gasteiger partial charge in [0, 0.05) is 51.6 Å². The van der Waals surface area contributed by atoms with Crippen LogP contribution in [0.4, 0.5) is 0 Å². The fourth-order valence-corrected chi connectivity index (χ4v) is 3.77. The van der Waals surface area contributed by atoms with E-state index >= 15 is 0 Å². The lowest BCUT2D eigenvalue weighted by Gasteiger charge is -2.30. The number of hydrogen-bond acceptors (Lipinski definition) is 4. The lowest BCUT2D eigenvalue weighted by atomic mass is 9.88. The second-order valence-corrected chi connectivity index (χ2v) is 6.61. The Balaban J connectivity index is 1.79. The smallest absolute Gasteiger partial charge is 0.248 e. The van der Waals surface area contributed by atoms with Crippen LogP contribution in [0, 0.1) is 5.92 Å². The molecule has 130 valence electrons. The second kappa shape index (κ2) is 7.75. The van der Waals surface area contributed by atoms with E-state index in [0.717, 1.165) is 31.5 Å². The number of carbonyl (C=O) groups is 2. The molecule has 1 aromatic rings. The van der Waals surface area contributed by atoms with Crippen LogP contribution in [0.25, 0.3) is 0 Å². The van der Waals surface area contributed by atoms with Crippen molar-refractivity contribution in [2.75, 3.05) is 39.9 Å². The summed E-state index contributed by atoms with van der Waals surface area (Å²) in [6, 6.07) is 3.90. The van der Waals surface area contributed by atoms with Crippen LogP contribution in [-0.4, -0.2) is 66.5 Å². The Morgan fingerprint density at radius 3 is 2.50 bits per heavy atom. The molecule has 0 saturated carbocycles. The van der Waals surface area contributed by atoms with E-state index in [0.29, 0.717) is 13.1 Å². The molecule has 0 radical (unpaired) electrons. The average Bonchev–Trinajstić information content (AvgIpc) is 3.08. The summed E-state index contributed by atoms with van der Waals surface area (Å²) in [5.41, 5.74) is 1.08. The van der Waals surface area contributed by atoms with Crippen LogP contribution in [-0.2, 0) is 14.3 Å². The summed E-state index contributed by atoms with van der Waals surface area (Å²) in [6.45, 7) is 2.78. The van der Waals surface area contributed by atoms with E-state index in [-0.39, 0.29) is 30.3 Å². The predicted molar refractivity (Wildman–Crippen MR) is 89.4 cm³/mol. The van der Waals surface area contributed by atoms with E-state index in [1.165, 1.54) is 13.5 Å². The summed E-state index contributed by atoms with van der Waals surface area (Å²) in [7, 11) is 1.52. The highest BCUT2D eigenvalue weighted by Gasteiger charge is 2.42. The van der Waals surface area contributed by atoms with Gasteiger partial charge in [-0.15, -0.1) is 0 Å². The van der Waals surface area contributed by atoms with Crippen LogP contribution in [0.15, 0.2) is 24.5 Å². The maximum Gasteiger partial charge on any atom is 0.248 e. The molecule has 2 aliphatic heterocycles. The van der Waals surface area contributed by atoms with Gasteiger partial charge in [0.1, 0.15) is 6.61 Å². The number of amides is 2. The van der Waals surface area contributed by atoms with Gasteiger partial charge >= 0.3 is 0 Å². The molecule has 3 heterocycles. The first kappa shape index (κ1) is 16.9. The molecule has 2 atom stereocenters. The summed E-state index contributed by atoms with van der Waals surface area (Å²) < 4.78 is 4.97. The van der Waals surface area contributed by atoms with Gasteiger partial charge in [-0.3, -0.25) is 14.6 Å². The summed E-state index contributed by atoms with van der Waals surface area (Å²) >= 11 is 0. The maximum absolute atomic E-state index is 13.1. The molecule has 2 saturated heterocycles. The zero-order chi connectivity index (χ0) is 16.9. The number of carbonyl (C=O) groups excluding carboxylic acids is 2. The van der Waals surface area contributed by atoms with E-state index in [4.69, 9.17) is 4.74 Å². The van der Waals surface area contributed by atoms with Gasteiger partial charge in [0.15, 0.2) is 0 Å². The molecule has 0 N–H and O–H groups in total. The largest absolute Gasteiger partial charge is 0.375 e. The zero-order valence-electron chi connectivity index (χ0n) is 14.2. The third kappa shape index (κ3) is 3.59. The number of rotatable bonds is 4. The molecule has 0 aromatic carbocycles. The molecule has 0 spiro atoms. The van der Waals surface area contributed by atoms with Crippen LogP contribution in [0.1, 0.15) is 30.7 Å². The summed E-state index contributed by atoms with van der Waals surface area (Å²) in [5.74, 6) is -0.00994. The van der Waals surface area contributed by atoms with Crippen LogP contribution < -0.4 is 0 Å². The Bertz CT molecular complexity index is 572. The average molecular weight is 331 g/mol. The number of likely N-dealkylation sites (tertiary alicyclic amines) is 2. The minimum absolute atomic E-state index is 0.0308. The van der Waals surface area contributed by atoms with Gasteiger partial charge in [0.25, 0.3) is 0 Å². The third-order valence-corrected chi connectivity index (χ3v) is 5.06. The first-order valence-corrected chi connectivity index (χ1v) is 8.66. The molecule has 2 amide bonds. The van der Waals surface area contributed by atoms with E-state index in [9.17, 15) is 9.59 Å². The summed E-state index contributed by atoms with van der Waals surface area (Å²) in [4.78, 5) is 33.1. The highest BCUT2D eigenvalue weighted by atomic mass is 16.5. The molecule has 24 heavy (non-hydrogen) atoms. The quantitative estimate of drug-likeness (QED) is 0.834. The van der Waals surface area contributed by atoms with Crippen molar-refractivity contribution in [2.45, 2.75) is 25.2 Å². The molecule has 6 nitrogen and oxygen atoms in total. The Kier molecular flexibility index (Phi) is 5.45. The van der Waals surface area contributed by atoms with Gasteiger partial charge < -0.3 is 14.5 Å². The minimum atomic E-state index is -0.175. The van der Waals surface area contributed by atoms with E-state index < -0.39 is 0 Å². The minimum Gasteiger partial charge on any atom is -0.375 e. The SMILES string of the molecule is COCC(=O)N1C[C@@H](C(=O)N2CCCCC2)[C@H](c2ccncc2)C1. The van der Waals surface area contributed by atoms with E-state index in [1.807, 2.05) is 17.0 Å². The van der Waals surface area contributed by atoms with Crippen molar-refractivity contribution in [3.8, 4) is 0 Å². The first-order valence-electron chi connectivity index (χ1n) is 8.66. The molecule has 1 aromatic heterocycles. The number of ether oxygens (including phenoxy) is 1. The Morgan fingerprint density at radius 1 is 1.12 bits per heavy atom. The first-order chi connectivity index (χ1) is 11.7. The number of piperidine rings is 1. The Hall–Kier alpha value is -1.95. The number of nitrogens with zero attached hydrogens (tertiary/aromatic N) is 3. The molecule has 0 aliphatic carbocycles. The molecule has 3 rings (SSSR count). The van der Waals surface area contributed by atoms with Crippen molar-refractivity contribution in [3.05, 3.63) is 30.1 Å². The standard InChI is InChI=1S/C18H25N3O3/c1-24-13-17(22)21-11-15(14-5-7-19-8-6-14)16(12-21)18(23)20-9-3-2-4-10-20/h5-8,15-16H,2-4,9-13H2,1H3/t15-,16+/m0/s1. The number of aromatic nitrogens is 1. The fraction of sp³-hybridized carbons (Fsp3) is 0.611. The van der Waals surface area contributed by atoms with Crippen LogP contribution in [0.5, 0.6) is 0 Å². The van der Waals surface area contributed by atoms with Crippen molar-refractivity contribution in [3.63, 3.8) is 0 Å². The number of methoxy groups -OCH3 is 1. The second-order valence-electron chi connectivity index (χ2n) is 6.61. The topological polar surface area (TPSA) is 62.7 Å². The van der Waals surface area contributed by atoms with Gasteiger partial charge in [-0.2, -0.15) is 0 Å². The van der Waals surface area contributed by atoms with Gasteiger partial charge in [-0.1, -0.05) is 0 Å². The fourth-order valence-electron chi connectivity index (χ4n) is 3.77. The zero-order valence-corrected chi connectivity index (χ0v) is 14.2. The molecule has 0 unspecified atom stereocenters. The van der Waals surface area contributed by atoms with Gasteiger partial charge in [0.05, 0.1) is 5.92 Å². The summed E-state index contributed by atoms with van der Waals surface area (Å²) in [6.07, 6.45) is 6.84. The Morgan fingerprint density at radius 2 is 1.83 bits per heavy atom. The van der Waals surface area contributed by atoms with Crippen molar-refractivity contribution in [2.24, 2.45) is 5.92 Å². The molecule has 0 bridgehead atoms.